The van der Waals surface area contributed by atoms with Crippen molar-refractivity contribution in [3.8, 4) is 5.69 Å². The van der Waals surface area contributed by atoms with E-state index in [0.29, 0.717) is 16.6 Å². The minimum Gasteiger partial charge on any atom is -0.297 e. The summed E-state index contributed by atoms with van der Waals surface area (Å²) in [6, 6.07) is 0. The first-order valence-electron chi connectivity index (χ1n) is 4.95. The Bertz CT molecular complexity index is 567. The van der Waals surface area contributed by atoms with Crippen molar-refractivity contribution < 1.29 is 4.92 Å². The Morgan fingerprint density at radius 3 is 2.94 bits per heavy atom. The highest BCUT2D eigenvalue weighted by molar-refractivity contribution is 9.10. The summed E-state index contributed by atoms with van der Waals surface area (Å²) >= 11 is 3.28. The first-order valence-corrected chi connectivity index (χ1v) is 5.75. The van der Waals surface area contributed by atoms with Gasteiger partial charge in [0, 0.05) is 25.0 Å². The van der Waals surface area contributed by atoms with Crippen molar-refractivity contribution in [2.24, 2.45) is 0 Å². The molecule has 0 aliphatic heterocycles. The zero-order chi connectivity index (χ0) is 12.4. The van der Waals surface area contributed by atoms with Crippen molar-refractivity contribution in [3.63, 3.8) is 0 Å². The van der Waals surface area contributed by atoms with Gasteiger partial charge in [-0.25, -0.2) is 4.98 Å². The fourth-order valence-corrected chi connectivity index (χ4v) is 2.10. The highest BCUT2D eigenvalue weighted by atomic mass is 79.9. The summed E-state index contributed by atoms with van der Waals surface area (Å²) in [5.41, 5.74) is 0.409. The normalized spacial score (nSPS) is 10.5. The fraction of sp³-hybridized carbons (Fsp3) is 0.200. The van der Waals surface area contributed by atoms with Gasteiger partial charge < -0.3 is 0 Å². The van der Waals surface area contributed by atoms with Crippen LogP contribution in [-0.4, -0.2) is 19.5 Å². The van der Waals surface area contributed by atoms with Gasteiger partial charge in [0.2, 0.25) is 0 Å². The molecule has 6 nitrogen and oxygen atoms in total. The third-order valence-corrected chi connectivity index (χ3v) is 2.91. The number of hydrogen-bond acceptors (Lipinski definition) is 4. The van der Waals surface area contributed by atoms with Crippen LogP contribution in [0.1, 0.15) is 12.7 Å². The van der Waals surface area contributed by atoms with Crippen LogP contribution in [0.25, 0.3) is 5.69 Å². The topological polar surface area (TPSA) is 73.8 Å². The monoisotopic (exact) mass is 296 g/mol. The maximum Gasteiger partial charge on any atom is 0.312 e. The Morgan fingerprint density at radius 2 is 2.29 bits per heavy atom. The molecule has 0 aliphatic rings. The van der Waals surface area contributed by atoms with Crippen LogP contribution in [-0.2, 0) is 6.42 Å². The molecule has 7 heteroatoms. The molecule has 0 spiro atoms. The third kappa shape index (κ3) is 2.05. The van der Waals surface area contributed by atoms with E-state index < -0.39 is 4.92 Å². The molecule has 0 aliphatic carbocycles. The third-order valence-electron chi connectivity index (χ3n) is 2.32. The summed E-state index contributed by atoms with van der Waals surface area (Å²) in [4.78, 5) is 18.5. The highest BCUT2D eigenvalue weighted by Crippen LogP contribution is 2.30. The predicted octanol–water partition coefficient (Wildman–Crippen LogP) is 2.50. The van der Waals surface area contributed by atoms with Crippen molar-refractivity contribution in [1.82, 2.24) is 14.5 Å². The lowest BCUT2D eigenvalue weighted by atomic mass is 10.3. The van der Waals surface area contributed by atoms with E-state index in [0.717, 1.165) is 5.82 Å². The van der Waals surface area contributed by atoms with Crippen LogP contribution in [0, 0.1) is 10.1 Å². The van der Waals surface area contributed by atoms with Gasteiger partial charge in [-0.05, 0) is 15.9 Å². The van der Waals surface area contributed by atoms with E-state index in [9.17, 15) is 10.1 Å². The number of halogens is 1. The molecule has 2 aromatic rings. The summed E-state index contributed by atoms with van der Waals surface area (Å²) in [6.07, 6.45) is 6.78. The first-order chi connectivity index (χ1) is 8.15. The van der Waals surface area contributed by atoms with Crippen LogP contribution < -0.4 is 0 Å². The van der Waals surface area contributed by atoms with Crippen molar-refractivity contribution in [2.75, 3.05) is 0 Å². The fourth-order valence-electron chi connectivity index (χ4n) is 1.59. The minimum atomic E-state index is -0.452. The molecule has 0 atom stereocenters. The maximum absolute atomic E-state index is 11.0. The largest absolute Gasteiger partial charge is 0.312 e. The number of aryl methyl sites for hydroxylation is 1. The SMILES string of the molecule is CCc1nccn1-c1c(Br)cncc1[N+](=O)[O-]. The number of imidazole rings is 1. The molecule has 17 heavy (non-hydrogen) atoms. The second-order valence-corrected chi connectivity index (χ2v) is 4.17. The molecule has 2 heterocycles. The van der Waals surface area contributed by atoms with E-state index in [1.807, 2.05) is 6.92 Å². The average molecular weight is 297 g/mol. The molecule has 0 saturated heterocycles. The second kappa shape index (κ2) is 4.62. The van der Waals surface area contributed by atoms with Gasteiger partial charge in [-0.2, -0.15) is 0 Å². The van der Waals surface area contributed by atoms with Crippen LogP contribution in [0.2, 0.25) is 0 Å². The Hall–Kier alpha value is -1.76. The molecule has 0 radical (unpaired) electrons. The van der Waals surface area contributed by atoms with E-state index in [1.54, 1.807) is 17.0 Å². The van der Waals surface area contributed by atoms with Gasteiger partial charge in [0.15, 0.2) is 0 Å². The van der Waals surface area contributed by atoms with Crippen LogP contribution >= 0.6 is 15.9 Å². The van der Waals surface area contributed by atoms with Gasteiger partial charge in [0.25, 0.3) is 0 Å². The molecule has 0 aromatic carbocycles. The number of rotatable bonds is 3. The molecule has 0 saturated carbocycles. The van der Waals surface area contributed by atoms with Crippen LogP contribution in [0.4, 0.5) is 5.69 Å². The highest BCUT2D eigenvalue weighted by Gasteiger charge is 2.20. The zero-order valence-electron chi connectivity index (χ0n) is 9.00. The van der Waals surface area contributed by atoms with Crippen LogP contribution in [0.5, 0.6) is 0 Å². The number of nitro groups is 1. The summed E-state index contributed by atoms with van der Waals surface area (Å²) in [7, 11) is 0. The lowest BCUT2D eigenvalue weighted by molar-refractivity contribution is -0.385. The van der Waals surface area contributed by atoms with E-state index in [-0.39, 0.29) is 5.69 Å². The molecular formula is C10H9BrN4O2. The molecule has 2 rings (SSSR count). The van der Waals surface area contributed by atoms with E-state index in [2.05, 4.69) is 25.9 Å². The van der Waals surface area contributed by atoms with Gasteiger partial charge >= 0.3 is 5.69 Å². The smallest absolute Gasteiger partial charge is 0.297 e. The Morgan fingerprint density at radius 1 is 1.53 bits per heavy atom. The molecule has 88 valence electrons. The number of nitrogens with zero attached hydrogens (tertiary/aromatic N) is 4. The summed E-state index contributed by atoms with van der Waals surface area (Å²) in [5, 5.41) is 11.0. The van der Waals surface area contributed by atoms with Gasteiger partial charge in [-0.3, -0.25) is 19.7 Å². The van der Waals surface area contributed by atoms with Crippen LogP contribution in [0.3, 0.4) is 0 Å². The molecule has 0 unspecified atom stereocenters. The maximum atomic E-state index is 11.0. The molecular weight excluding hydrogens is 288 g/mol. The minimum absolute atomic E-state index is 0.0490. The molecule has 0 amide bonds. The van der Waals surface area contributed by atoms with Crippen molar-refractivity contribution >= 4 is 21.6 Å². The Balaban J connectivity index is 2.70. The van der Waals surface area contributed by atoms with Crippen molar-refractivity contribution in [3.05, 3.63) is 45.2 Å². The molecule has 0 fully saturated rings. The Kier molecular flexibility index (Phi) is 3.19. The number of hydrogen-bond donors (Lipinski definition) is 0. The summed E-state index contributed by atoms with van der Waals surface area (Å²) in [6.45, 7) is 1.94. The van der Waals surface area contributed by atoms with Gasteiger partial charge in [-0.1, -0.05) is 6.92 Å². The van der Waals surface area contributed by atoms with Gasteiger partial charge in [0.05, 0.1) is 9.40 Å². The van der Waals surface area contributed by atoms with E-state index >= 15 is 0 Å². The molecule has 2 aromatic heterocycles. The quantitative estimate of drug-likeness (QED) is 0.644. The summed E-state index contributed by atoms with van der Waals surface area (Å²) < 4.78 is 2.27. The number of pyridine rings is 1. The Labute approximate surface area is 106 Å². The summed E-state index contributed by atoms with van der Waals surface area (Å²) in [5.74, 6) is 0.764. The van der Waals surface area contributed by atoms with E-state index in [4.69, 9.17) is 0 Å². The zero-order valence-corrected chi connectivity index (χ0v) is 10.6. The predicted molar refractivity (Wildman–Crippen MR) is 65.1 cm³/mol. The van der Waals surface area contributed by atoms with E-state index in [1.165, 1.54) is 12.4 Å². The van der Waals surface area contributed by atoms with Crippen molar-refractivity contribution in [2.45, 2.75) is 13.3 Å². The lowest BCUT2D eigenvalue weighted by Crippen LogP contribution is -2.04. The van der Waals surface area contributed by atoms with Gasteiger partial charge in [-0.15, -0.1) is 0 Å². The number of aromatic nitrogens is 3. The molecule has 0 N–H and O–H groups in total. The van der Waals surface area contributed by atoms with Crippen molar-refractivity contribution in [1.29, 1.82) is 0 Å². The van der Waals surface area contributed by atoms with Gasteiger partial charge in [0.1, 0.15) is 17.7 Å². The second-order valence-electron chi connectivity index (χ2n) is 3.31. The average Bonchev–Trinajstić information content (AvgIpc) is 2.76. The molecule has 0 bridgehead atoms. The standard InChI is InChI=1S/C10H9BrN4O2/c1-2-9-13-3-4-14(9)10-7(11)5-12-6-8(10)15(16)17/h3-6H,2H2,1H3. The van der Waals surface area contributed by atoms with Crippen LogP contribution in [0.15, 0.2) is 29.3 Å². The lowest BCUT2D eigenvalue weighted by Gasteiger charge is -2.08. The first kappa shape index (κ1) is 11.7.